The number of alkyl halides is 3. The molecule has 4 rings (SSSR count). The number of anilines is 1. The Morgan fingerprint density at radius 2 is 1.79 bits per heavy atom. The number of halogens is 3. The van der Waals surface area contributed by atoms with Gasteiger partial charge in [0, 0.05) is 37.5 Å². The third-order valence-electron chi connectivity index (χ3n) is 7.05. The summed E-state index contributed by atoms with van der Waals surface area (Å²) in [5.74, 6) is -4.69. The Hall–Kier alpha value is -4.15. The van der Waals surface area contributed by atoms with Gasteiger partial charge in [0.25, 0.3) is 0 Å². The fourth-order valence-electron chi connectivity index (χ4n) is 5.03. The molecule has 0 spiro atoms. The van der Waals surface area contributed by atoms with Crippen LogP contribution in [0.15, 0.2) is 24.5 Å². The standard InChI is InChI=1S/C19H25F3N6O.C6H8O7/c1-12-9-16(19(20,21)22)28-17(24-12)11-14(25-28)15-5-3-7-26(15)18(29)10-13(2)27-8-4-6-23-27;7-3(8)1-6(13,5(11)12)2-4(9)10/h4,6,8,11-13,15-16,24H,3,5,7,9-10H2,1-2H3;13H,1-2H2,(H,7,8)(H,9,10)(H,11,12)/t12-,13?,15?,16-;/m1./s1. The van der Waals surface area contributed by atoms with E-state index in [9.17, 15) is 32.3 Å². The summed E-state index contributed by atoms with van der Waals surface area (Å²) in [6.45, 7) is 4.24. The van der Waals surface area contributed by atoms with Crippen molar-refractivity contribution in [3.8, 4) is 0 Å². The van der Waals surface area contributed by atoms with Gasteiger partial charge in [0.1, 0.15) is 5.82 Å². The number of aromatic nitrogens is 4. The molecule has 17 heteroatoms. The van der Waals surface area contributed by atoms with E-state index in [0.29, 0.717) is 24.5 Å². The van der Waals surface area contributed by atoms with Crippen LogP contribution in [0.1, 0.15) is 76.2 Å². The van der Waals surface area contributed by atoms with Gasteiger partial charge < -0.3 is 30.6 Å². The summed E-state index contributed by atoms with van der Waals surface area (Å²) >= 11 is 0. The summed E-state index contributed by atoms with van der Waals surface area (Å²) in [5.41, 5.74) is -2.22. The second kappa shape index (κ2) is 12.8. The minimum Gasteiger partial charge on any atom is -0.481 e. The first kappa shape index (κ1) is 32.4. The van der Waals surface area contributed by atoms with Crippen LogP contribution < -0.4 is 5.32 Å². The second-order valence-corrected chi connectivity index (χ2v) is 10.5. The molecular formula is C25H33F3N6O8. The smallest absolute Gasteiger partial charge is 0.410 e. The van der Waals surface area contributed by atoms with Crippen LogP contribution in [0.5, 0.6) is 0 Å². The van der Waals surface area contributed by atoms with Crippen LogP contribution in [-0.4, -0.2) is 93.1 Å². The largest absolute Gasteiger partial charge is 0.481 e. The third-order valence-corrected chi connectivity index (χ3v) is 7.05. The van der Waals surface area contributed by atoms with Crippen molar-refractivity contribution in [1.82, 2.24) is 24.5 Å². The van der Waals surface area contributed by atoms with Crippen LogP contribution in [0.2, 0.25) is 0 Å². The molecule has 0 saturated carbocycles. The highest BCUT2D eigenvalue weighted by Gasteiger charge is 2.46. The molecule has 2 aliphatic heterocycles. The molecule has 232 valence electrons. The Kier molecular flexibility index (Phi) is 9.86. The fraction of sp³-hybridized carbons (Fsp3) is 0.600. The zero-order valence-corrected chi connectivity index (χ0v) is 22.9. The molecule has 5 N–H and O–H groups in total. The van der Waals surface area contributed by atoms with E-state index >= 15 is 0 Å². The maximum atomic E-state index is 13.5. The summed E-state index contributed by atoms with van der Waals surface area (Å²) in [6, 6.07) is 1.15. The summed E-state index contributed by atoms with van der Waals surface area (Å²) < 4.78 is 43.3. The molecule has 14 nitrogen and oxygen atoms in total. The monoisotopic (exact) mass is 602 g/mol. The molecule has 1 saturated heterocycles. The molecule has 0 aliphatic carbocycles. The van der Waals surface area contributed by atoms with E-state index in [0.717, 1.165) is 11.1 Å². The van der Waals surface area contributed by atoms with Gasteiger partial charge in [-0.05, 0) is 39.2 Å². The molecule has 4 atom stereocenters. The zero-order chi connectivity index (χ0) is 31.4. The van der Waals surface area contributed by atoms with E-state index in [1.807, 2.05) is 13.1 Å². The number of likely N-dealkylation sites (tertiary alicyclic amines) is 1. The second-order valence-electron chi connectivity index (χ2n) is 10.5. The summed E-state index contributed by atoms with van der Waals surface area (Å²) in [5, 5.41) is 45.4. The Morgan fingerprint density at radius 3 is 2.31 bits per heavy atom. The number of hydrogen-bond donors (Lipinski definition) is 5. The molecule has 2 aromatic rings. The lowest BCUT2D eigenvalue weighted by atomic mass is 9.96. The van der Waals surface area contributed by atoms with Crippen molar-refractivity contribution >= 4 is 29.6 Å². The number of rotatable bonds is 9. The first-order valence-electron chi connectivity index (χ1n) is 13.1. The SMILES string of the molecule is CC(CC(=O)N1CCCC1c1cc2n(n1)[C@@H](C(F)(F)F)C[C@@H](C)N2)n1cccn1.O=C(O)CC(O)(CC(=O)O)C(=O)O. The van der Waals surface area contributed by atoms with Crippen molar-refractivity contribution in [2.45, 2.75) is 88.3 Å². The average molecular weight is 603 g/mol. The van der Waals surface area contributed by atoms with E-state index in [2.05, 4.69) is 15.5 Å². The van der Waals surface area contributed by atoms with Gasteiger partial charge in [-0.1, -0.05) is 0 Å². The fourth-order valence-corrected chi connectivity index (χ4v) is 5.03. The number of carbonyl (C=O) groups excluding carboxylic acids is 1. The average Bonchev–Trinajstić information content (AvgIpc) is 3.62. The van der Waals surface area contributed by atoms with Crippen LogP contribution in [-0.2, 0) is 19.2 Å². The predicted octanol–water partition coefficient (Wildman–Crippen LogP) is 2.45. The van der Waals surface area contributed by atoms with Crippen molar-refractivity contribution in [1.29, 1.82) is 0 Å². The maximum absolute atomic E-state index is 13.5. The number of nitrogens with zero attached hydrogens (tertiary/aromatic N) is 5. The van der Waals surface area contributed by atoms with E-state index in [1.54, 1.807) is 34.8 Å². The van der Waals surface area contributed by atoms with Gasteiger partial charge in [0.05, 0.1) is 30.6 Å². The molecule has 0 aromatic carbocycles. The van der Waals surface area contributed by atoms with Crippen molar-refractivity contribution in [2.24, 2.45) is 0 Å². The first-order valence-corrected chi connectivity index (χ1v) is 13.1. The minimum atomic E-state index is -4.36. The molecule has 4 heterocycles. The highest BCUT2D eigenvalue weighted by Crippen LogP contribution is 2.41. The highest BCUT2D eigenvalue weighted by molar-refractivity contribution is 5.88. The molecule has 2 aliphatic rings. The van der Waals surface area contributed by atoms with Crippen LogP contribution >= 0.6 is 0 Å². The Bertz CT molecular complexity index is 1270. The number of carboxylic acids is 3. The normalized spacial score (nSPS) is 21.0. The Labute approximate surface area is 237 Å². The maximum Gasteiger partial charge on any atom is 0.410 e. The molecule has 0 bridgehead atoms. The number of aliphatic carboxylic acids is 3. The van der Waals surface area contributed by atoms with Crippen molar-refractivity contribution in [3.63, 3.8) is 0 Å². The van der Waals surface area contributed by atoms with Crippen molar-refractivity contribution < 1.29 is 52.8 Å². The molecule has 42 heavy (non-hydrogen) atoms. The Morgan fingerprint density at radius 1 is 1.14 bits per heavy atom. The van der Waals surface area contributed by atoms with E-state index in [1.165, 1.54) is 0 Å². The highest BCUT2D eigenvalue weighted by atomic mass is 19.4. The van der Waals surface area contributed by atoms with Crippen molar-refractivity contribution in [2.75, 3.05) is 11.9 Å². The van der Waals surface area contributed by atoms with E-state index in [4.69, 9.17) is 20.4 Å². The zero-order valence-electron chi connectivity index (χ0n) is 22.9. The van der Waals surface area contributed by atoms with Crippen molar-refractivity contribution in [3.05, 3.63) is 30.2 Å². The summed E-state index contributed by atoms with van der Waals surface area (Å²) in [4.78, 5) is 45.1. The number of carbonyl (C=O) groups is 4. The van der Waals surface area contributed by atoms with E-state index in [-0.39, 0.29) is 36.9 Å². The van der Waals surface area contributed by atoms with Gasteiger partial charge in [-0.25, -0.2) is 9.48 Å². The molecule has 1 amide bonds. The summed E-state index contributed by atoms with van der Waals surface area (Å²) in [7, 11) is 0. The number of hydrogen-bond acceptors (Lipinski definition) is 8. The van der Waals surface area contributed by atoms with E-state index < -0.39 is 48.6 Å². The topological polar surface area (TPSA) is 200 Å². The third kappa shape index (κ3) is 7.77. The Balaban J connectivity index is 0.000000316. The first-order chi connectivity index (χ1) is 19.5. The molecule has 2 aromatic heterocycles. The minimum absolute atomic E-state index is 0.0322. The van der Waals surface area contributed by atoms with Gasteiger partial charge in [0.2, 0.25) is 5.91 Å². The van der Waals surface area contributed by atoms with Crippen LogP contribution in [0.25, 0.3) is 0 Å². The lowest BCUT2D eigenvalue weighted by Gasteiger charge is -2.31. The van der Waals surface area contributed by atoms with Gasteiger partial charge in [-0.3, -0.25) is 19.1 Å². The van der Waals surface area contributed by atoms with Gasteiger partial charge in [0.15, 0.2) is 11.6 Å². The number of amides is 1. The molecule has 1 fully saturated rings. The number of carboxylic acid groups (broad SMARTS) is 3. The molecule has 0 radical (unpaired) electrons. The quantitative estimate of drug-likeness (QED) is 0.282. The van der Waals surface area contributed by atoms with Gasteiger partial charge in [-0.15, -0.1) is 0 Å². The molecule has 2 unspecified atom stereocenters. The number of nitrogens with one attached hydrogen (secondary N) is 1. The lowest BCUT2D eigenvalue weighted by Crippen LogP contribution is -2.42. The van der Waals surface area contributed by atoms with Crippen LogP contribution in [0, 0.1) is 0 Å². The molecular weight excluding hydrogens is 569 g/mol. The van der Waals surface area contributed by atoms with Crippen LogP contribution in [0.3, 0.4) is 0 Å². The van der Waals surface area contributed by atoms with Crippen LogP contribution in [0.4, 0.5) is 19.0 Å². The number of aliphatic hydroxyl groups is 1. The summed E-state index contributed by atoms with van der Waals surface area (Å²) in [6.07, 6.45) is -1.44. The predicted molar refractivity (Wildman–Crippen MR) is 137 cm³/mol. The lowest BCUT2D eigenvalue weighted by molar-refractivity contribution is -0.173. The van der Waals surface area contributed by atoms with Gasteiger partial charge in [-0.2, -0.15) is 23.4 Å². The number of fused-ring (bicyclic) bond motifs is 1. The van der Waals surface area contributed by atoms with Gasteiger partial charge >= 0.3 is 24.1 Å².